The summed E-state index contributed by atoms with van der Waals surface area (Å²) in [6.07, 6.45) is 0.176. The van der Waals surface area contributed by atoms with E-state index in [1.807, 2.05) is 0 Å². The lowest BCUT2D eigenvalue weighted by molar-refractivity contribution is -0.128. The topological polar surface area (TPSA) is 78.9 Å². The van der Waals surface area contributed by atoms with Gasteiger partial charge in [0.1, 0.15) is 17.6 Å². The minimum absolute atomic E-state index is 0.176. The van der Waals surface area contributed by atoms with Gasteiger partial charge in [-0.1, -0.05) is 12.1 Å². The number of methoxy groups -OCH3 is 1. The highest BCUT2D eigenvalue weighted by Crippen LogP contribution is 2.31. The number of benzene rings is 2. The lowest BCUT2D eigenvalue weighted by atomic mass is 10.0. The van der Waals surface area contributed by atoms with Crippen LogP contribution in [0.3, 0.4) is 0 Å². The predicted molar refractivity (Wildman–Crippen MR) is 97.9 cm³/mol. The quantitative estimate of drug-likeness (QED) is 0.839. The fourth-order valence-corrected chi connectivity index (χ4v) is 3.26. The van der Waals surface area contributed by atoms with Crippen LogP contribution in [0, 0.1) is 5.82 Å². The molecule has 1 saturated heterocycles. The zero-order valence-electron chi connectivity index (χ0n) is 14.9. The van der Waals surface area contributed by atoms with Crippen molar-refractivity contribution in [3.8, 4) is 16.9 Å². The first-order valence-electron chi connectivity index (χ1n) is 8.68. The first kappa shape index (κ1) is 18.8. The Balaban J connectivity index is 1.94. The summed E-state index contributed by atoms with van der Waals surface area (Å²) in [6.45, 7) is 0.537. The molecule has 2 aromatic carbocycles. The van der Waals surface area contributed by atoms with Crippen LogP contribution in [0.2, 0.25) is 0 Å². The fraction of sp³-hybridized carbons (Fsp3) is 0.300. The maximum Gasteiger partial charge on any atom is 0.254 e. The van der Waals surface area contributed by atoms with E-state index in [2.05, 4.69) is 5.32 Å². The van der Waals surface area contributed by atoms with Crippen LogP contribution in [0.15, 0.2) is 42.5 Å². The first-order valence-corrected chi connectivity index (χ1v) is 8.68. The SMILES string of the molecule is COc1ccc(F)cc1-c1cccc(C(=O)N2CCNC(=O)C2CCO)c1. The number of amides is 2. The van der Waals surface area contributed by atoms with Crippen molar-refractivity contribution in [3.05, 3.63) is 53.8 Å². The number of ether oxygens (including phenoxy) is 1. The molecule has 0 spiro atoms. The van der Waals surface area contributed by atoms with E-state index in [1.54, 1.807) is 24.3 Å². The van der Waals surface area contributed by atoms with Gasteiger partial charge in [-0.05, 0) is 42.3 Å². The molecule has 2 aromatic rings. The van der Waals surface area contributed by atoms with Crippen LogP contribution >= 0.6 is 0 Å². The Morgan fingerprint density at radius 3 is 2.89 bits per heavy atom. The first-order chi connectivity index (χ1) is 13.0. The van der Waals surface area contributed by atoms with Gasteiger partial charge >= 0.3 is 0 Å². The van der Waals surface area contributed by atoms with E-state index < -0.39 is 11.9 Å². The number of piperazine rings is 1. The number of hydrogen-bond acceptors (Lipinski definition) is 4. The average molecular weight is 372 g/mol. The summed E-state index contributed by atoms with van der Waals surface area (Å²) in [5.74, 6) is -0.484. The highest BCUT2D eigenvalue weighted by Gasteiger charge is 2.33. The molecule has 7 heteroatoms. The molecule has 3 rings (SSSR count). The number of carbonyl (C=O) groups excluding carboxylic acids is 2. The Hall–Kier alpha value is -2.93. The van der Waals surface area contributed by atoms with Crippen molar-refractivity contribution < 1.29 is 23.8 Å². The summed E-state index contributed by atoms with van der Waals surface area (Å²) < 4.78 is 19.0. The van der Waals surface area contributed by atoms with Gasteiger partial charge < -0.3 is 20.1 Å². The Morgan fingerprint density at radius 1 is 1.33 bits per heavy atom. The molecule has 0 bridgehead atoms. The van der Waals surface area contributed by atoms with Crippen molar-refractivity contribution in [2.45, 2.75) is 12.5 Å². The summed E-state index contributed by atoms with van der Waals surface area (Å²) in [5.41, 5.74) is 1.56. The molecule has 142 valence electrons. The van der Waals surface area contributed by atoms with Gasteiger partial charge in [0.15, 0.2) is 0 Å². The van der Waals surface area contributed by atoms with Crippen LogP contribution in [0.4, 0.5) is 4.39 Å². The van der Waals surface area contributed by atoms with Gasteiger partial charge in [0.25, 0.3) is 5.91 Å². The Labute approximate surface area is 156 Å². The van der Waals surface area contributed by atoms with E-state index >= 15 is 0 Å². The third-order valence-electron chi connectivity index (χ3n) is 4.58. The second-order valence-electron chi connectivity index (χ2n) is 6.24. The Kier molecular flexibility index (Phi) is 5.71. The molecule has 2 N–H and O–H groups in total. The number of carbonyl (C=O) groups is 2. The normalized spacial score (nSPS) is 16.8. The van der Waals surface area contributed by atoms with E-state index in [9.17, 15) is 19.1 Å². The van der Waals surface area contributed by atoms with Crippen LogP contribution in [-0.2, 0) is 4.79 Å². The molecule has 0 saturated carbocycles. The minimum Gasteiger partial charge on any atom is -0.496 e. The van der Waals surface area contributed by atoms with Crippen LogP contribution in [0.1, 0.15) is 16.8 Å². The predicted octanol–water partition coefficient (Wildman–Crippen LogP) is 1.82. The molecule has 27 heavy (non-hydrogen) atoms. The number of rotatable bonds is 5. The summed E-state index contributed by atoms with van der Waals surface area (Å²) in [6, 6.07) is 10.3. The maximum absolute atomic E-state index is 13.7. The molecular formula is C20H21FN2O4. The van der Waals surface area contributed by atoms with Crippen molar-refractivity contribution in [1.82, 2.24) is 10.2 Å². The molecule has 0 aliphatic carbocycles. The lowest BCUT2D eigenvalue weighted by Gasteiger charge is -2.35. The van der Waals surface area contributed by atoms with E-state index in [4.69, 9.17) is 4.74 Å². The number of aliphatic hydroxyl groups excluding tert-OH is 1. The third kappa shape index (κ3) is 3.93. The monoisotopic (exact) mass is 372 g/mol. The molecule has 1 aliphatic rings. The van der Waals surface area contributed by atoms with Crippen molar-refractivity contribution >= 4 is 11.8 Å². The van der Waals surface area contributed by atoms with E-state index in [0.717, 1.165) is 0 Å². The second-order valence-corrected chi connectivity index (χ2v) is 6.24. The third-order valence-corrected chi connectivity index (χ3v) is 4.58. The second kappa shape index (κ2) is 8.18. The number of hydrogen-bond donors (Lipinski definition) is 2. The molecule has 1 unspecified atom stereocenters. The van der Waals surface area contributed by atoms with Gasteiger partial charge in [0.05, 0.1) is 7.11 Å². The van der Waals surface area contributed by atoms with E-state index in [0.29, 0.717) is 35.5 Å². The highest BCUT2D eigenvalue weighted by atomic mass is 19.1. The lowest BCUT2D eigenvalue weighted by Crippen LogP contribution is -2.57. The highest BCUT2D eigenvalue weighted by molar-refractivity contribution is 5.99. The van der Waals surface area contributed by atoms with Gasteiger partial charge in [-0.25, -0.2) is 4.39 Å². The van der Waals surface area contributed by atoms with Crippen LogP contribution in [-0.4, -0.2) is 54.7 Å². The molecule has 0 radical (unpaired) electrons. The zero-order chi connectivity index (χ0) is 19.4. The largest absolute Gasteiger partial charge is 0.496 e. The van der Waals surface area contributed by atoms with Gasteiger partial charge in [0.2, 0.25) is 5.91 Å². The number of nitrogens with one attached hydrogen (secondary N) is 1. The van der Waals surface area contributed by atoms with Crippen molar-refractivity contribution in [2.75, 3.05) is 26.8 Å². The molecule has 6 nitrogen and oxygen atoms in total. The van der Waals surface area contributed by atoms with Crippen LogP contribution < -0.4 is 10.1 Å². The molecular weight excluding hydrogens is 351 g/mol. The molecule has 1 heterocycles. The van der Waals surface area contributed by atoms with Gasteiger partial charge in [-0.3, -0.25) is 9.59 Å². The minimum atomic E-state index is -0.705. The average Bonchev–Trinajstić information content (AvgIpc) is 2.69. The van der Waals surface area contributed by atoms with Crippen LogP contribution in [0.25, 0.3) is 11.1 Å². The smallest absolute Gasteiger partial charge is 0.254 e. The van der Waals surface area contributed by atoms with Gasteiger partial charge in [-0.15, -0.1) is 0 Å². The van der Waals surface area contributed by atoms with Crippen molar-refractivity contribution in [2.24, 2.45) is 0 Å². The Morgan fingerprint density at radius 2 is 2.15 bits per heavy atom. The maximum atomic E-state index is 13.7. The fourth-order valence-electron chi connectivity index (χ4n) is 3.26. The number of halogens is 1. The summed E-state index contributed by atoms with van der Waals surface area (Å²) >= 11 is 0. The summed E-state index contributed by atoms with van der Waals surface area (Å²) in [5, 5.41) is 11.9. The summed E-state index contributed by atoms with van der Waals surface area (Å²) in [7, 11) is 1.50. The van der Waals surface area contributed by atoms with Crippen molar-refractivity contribution in [1.29, 1.82) is 0 Å². The van der Waals surface area contributed by atoms with E-state index in [1.165, 1.54) is 30.2 Å². The van der Waals surface area contributed by atoms with Crippen molar-refractivity contribution in [3.63, 3.8) is 0 Å². The standard InChI is InChI=1S/C20H21FN2O4/c1-27-18-6-5-15(21)12-16(18)13-3-2-4-14(11-13)20(26)23-9-8-22-19(25)17(23)7-10-24/h2-6,11-12,17,24H,7-10H2,1H3,(H,22,25). The molecule has 1 aliphatic heterocycles. The van der Waals surface area contributed by atoms with Crippen LogP contribution in [0.5, 0.6) is 5.75 Å². The number of aliphatic hydroxyl groups is 1. The molecule has 2 amide bonds. The van der Waals surface area contributed by atoms with E-state index in [-0.39, 0.29) is 24.8 Å². The zero-order valence-corrected chi connectivity index (χ0v) is 14.9. The number of nitrogens with zero attached hydrogens (tertiary/aromatic N) is 1. The Bertz CT molecular complexity index is 856. The summed E-state index contributed by atoms with van der Waals surface area (Å²) in [4.78, 5) is 26.5. The molecule has 0 aromatic heterocycles. The molecule has 1 fully saturated rings. The molecule has 1 atom stereocenters. The van der Waals surface area contributed by atoms with Gasteiger partial charge in [-0.2, -0.15) is 0 Å². The van der Waals surface area contributed by atoms with Gasteiger partial charge in [0, 0.05) is 30.8 Å².